The minimum Gasteiger partial charge on any atom is -0.506 e. The number of aromatic hydroxyl groups is 1. The summed E-state index contributed by atoms with van der Waals surface area (Å²) in [7, 11) is 0. The number of benzene rings is 1. The summed E-state index contributed by atoms with van der Waals surface area (Å²) in [6.45, 7) is 1.92. The number of terminal acetylenes is 1. The number of phenolic OH excluding ortho intramolecular Hbond substituents is 1. The number of halogens is 1. The Morgan fingerprint density at radius 3 is 2.95 bits per heavy atom. The molecule has 1 heterocycles. The van der Waals surface area contributed by atoms with Gasteiger partial charge in [0.05, 0.1) is 11.6 Å². The molecule has 19 heavy (non-hydrogen) atoms. The van der Waals surface area contributed by atoms with Crippen molar-refractivity contribution in [3.63, 3.8) is 0 Å². The van der Waals surface area contributed by atoms with E-state index < -0.39 is 0 Å². The highest BCUT2D eigenvalue weighted by Crippen LogP contribution is 2.26. The standard InChI is InChI=1S/C14H11ClN2O2/c1-3-6-17-9(2)16-12(14(17)19)8-10-4-5-13(18)11(15)7-10/h1,4-5,7-8,18H,6H2,2H3/b12-8-. The predicted octanol–water partition coefficient (Wildman–Crippen LogP) is 2.28. The number of phenols is 1. The molecule has 0 fully saturated rings. The Labute approximate surface area is 116 Å². The first-order valence-corrected chi connectivity index (χ1v) is 5.91. The van der Waals surface area contributed by atoms with Crippen molar-refractivity contribution in [2.45, 2.75) is 6.92 Å². The predicted molar refractivity (Wildman–Crippen MR) is 74.7 cm³/mol. The summed E-state index contributed by atoms with van der Waals surface area (Å²) < 4.78 is 0. The summed E-state index contributed by atoms with van der Waals surface area (Å²) in [6.07, 6.45) is 6.81. The van der Waals surface area contributed by atoms with Crippen molar-refractivity contribution in [2.75, 3.05) is 6.54 Å². The Balaban J connectivity index is 2.33. The van der Waals surface area contributed by atoms with E-state index >= 15 is 0 Å². The number of hydrogen-bond acceptors (Lipinski definition) is 3. The summed E-state index contributed by atoms with van der Waals surface area (Å²) >= 11 is 5.81. The molecule has 1 aliphatic rings. The molecule has 0 aliphatic carbocycles. The minimum atomic E-state index is -0.236. The van der Waals surface area contributed by atoms with E-state index in [1.807, 2.05) is 0 Å². The van der Waals surface area contributed by atoms with E-state index in [1.165, 1.54) is 11.0 Å². The monoisotopic (exact) mass is 274 g/mol. The molecule has 1 aromatic rings. The highest BCUT2D eigenvalue weighted by Gasteiger charge is 2.26. The van der Waals surface area contributed by atoms with Gasteiger partial charge in [0.1, 0.15) is 17.3 Å². The van der Waals surface area contributed by atoms with Crippen LogP contribution in [0, 0.1) is 12.3 Å². The summed E-state index contributed by atoms with van der Waals surface area (Å²) in [5, 5.41) is 9.56. The van der Waals surface area contributed by atoms with E-state index in [1.54, 1.807) is 25.1 Å². The van der Waals surface area contributed by atoms with Crippen molar-refractivity contribution in [2.24, 2.45) is 4.99 Å². The fourth-order valence-corrected chi connectivity index (χ4v) is 1.90. The van der Waals surface area contributed by atoms with E-state index in [9.17, 15) is 9.90 Å². The van der Waals surface area contributed by atoms with Gasteiger partial charge in [-0.1, -0.05) is 23.6 Å². The van der Waals surface area contributed by atoms with Crippen LogP contribution in [0.1, 0.15) is 12.5 Å². The van der Waals surface area contributed by atoms with Crippen LogP contribution < -0.4 is 0 Å². The van der Waals surface area contributed by atoms with E-state index in [2.05, 4.69) is 10.9 Å². The van der Waals surface area contributed by atoms with Crippen LogP contribution in [0.25, 0.3) is 6.08 Å². The Hall–Kier alpha value is -2.25. The number of carbonyl (C=O) groups excluding carboxylic acids is 1. The van der Waals surface area contributed by atoms with Crippen LogP contribution in [0.5, 0.6) is 5.75 Å². The van der Waals surface area contributed by atoms with Crippen LogP contribution in [-0.2, 0) is 4.79 Å². The molecule has 0 atom stereocenters. The van der Waals surface area contributed by atoms with Crippen molar-refractivity contribution in [1.29, 1.82) is 0 Å². The maximum absolute atomic E-state index is 12.0. The van der Waals surface area contributed by atoms with E-state index in [-0.39, 0.29) is 23.2 Å². The topological polar surface area (TPSA) is 52.9 Å². The van der Waals surface area contributed by atoms with Gasteiger partial charge in [0.2, 0.25) is 0 Å². The van der Waals surface area contributed by atoms with Gasteiger partial charge in [0.15, 0.2) is 0 Å². The van der Waals surface area contributed by atoms with Crippen molar-refractivity contribution in [1.82, 2.24) is 4.90 Å². The molecule has 1 aliphatic heterocycles. The zero-order chi connectivity index (χ0) is 14.0. The zero-order valence-corrected chi connectivity index (χ0v) is 11.0. The van der Waals surface area contributed by atoms with Crippen LogP contribution in [0.4, 0.5) is 0 Å². The first kappa shape index (κ1) is 13.2. The van der Waals surface area contributed by atoms with Gasteiger partial charge in [-0.25, -0.2) is 4.99 Å². The molecule has 0 aromatic heterocycles. The lowest BCUT2D eigenvalue weighted by molar-refractivity contribution is -0.122. The van der Waals surface area contributed by atoms with Gasteiger partial charge in [-0.05, 0) is 30.7 Å². The van der Waals surface area contributed by atoms with E-state index in [0.717, 1.165) is 0 Å². The molecule has 2 rings (SSSR count). The SMILES string of the molecule is C#CCN1C(=O)/C(=C/c2ccc(O)c(Cl)c2)N=C1C. The van der Waals surface area contributed by atoms with Crippen molar-refractivity contribution in [3.8, 4) is 18.1 Å². The highest BCUT2D eigenvalue weighted by atomic mass is 35.5. The second kappa shape index (κ2) is 5.17. The molecule has 1 amide bonds. The number of amides is 1. The van der Waals surface area contributed by atoms with Crippen molar-refractivity contribution < 1.29 is 9.90 Å². The lowest BCUT2D eigenvalue weighted by Crippen LogP contribution is -2.30. The maximum Gasteiger partial charge on any atom is 0.278 e. The Bertz CT molecular complexity index is 641. The van der Waals surface area contributed by atoms with Gasteiger partial charge < -0.3 is 5.11 Å². The number of nitrogens with zero attached hydrogens (tertiary/aromatic N) is 2. The average molecular weight is 275 g/mol. The average Bonchev–Trinajstić information content (AvgIpc) is 2.62. The third kappa shape index (κ3) is 2.61. The lowest BCUT2D eigenvalue weighted by Gasteiger charge is -2.10. The molecule has 0 spiro atoms. The fraction of sp³-hybridized carbons (Fsp3) is 0.143. The van der Waals surface area contributed by atoms with Gasteiger partial charge >= 0.3 is 0 Å². The number of hydrogen-bond donors (Lipinski definition) is 1. The van der Waals surface area contributed by atoms with E-state index in [0.29, 0.717) is 17.1 Å². The molecule has 0 saturated heterocycles. The maximum atomic E-state index is 12.0. The van der Waals surface area contributed by atoms with Crippen LogP contribution in [-0.4, -0.2) is 28.3 Å². The van der Waals surface area contributed by atoms with E-state index in [4.69, 9.17) is 18.0 Å². The molecule has 1 aromatic carbocycles. The summed E-state index contributed by atoms with van der Waals surface area (Å²) in [6, 6.07) is 4.67. The number of carbonyl (C=O) groups is 1. The van der Waals surface area contributed by atoms with Gasteiger partial charge in [0.25, 0.3) is 5.91 Å². The molecule has 0 radical (unpaired) electrons. The van der Waals surface area contributed by atoms with Crippen molar-refractivity contribution >= 4 is 29.4 Å². The molecule has 0 saturated carbocycles. The normalized spacial score (nSPS) is 16.7. The third-order valence-corrected chi connectivity index (χ3v) is 2.96. The molecule has 96 valence electrons. The molecule has 0 bridgehead atoms. The Kier molecular flexibility index (Phi) is 3.59. The van der Waals surface area contributed by atoms with Crippen LogP contribution >= 0.6 is 11.6 Å². The fourth-order valence-electron chi connectivity index (χ4n) is 1.71. The van der Waals surface area contributed by atoms with Gasteiger partial charge in [-0.3, -0.25) is 9.69 Å². The van der Waals surface area contributed by atoms with Crippen LogP contribution in [0.15, 0.2) is 28.9 Å². The smallest absolute Gasteiger partial charge is 0.278 e. The number of aliphatic imine (C=N–C) groups is 1. The summed E-state index contributed by atoms with van der Waals surface area (Å²) in [4.78, 5) is 17.6. The first-order valence-electron chi connectivity index (χ1n) is 5.53. The lowest BCUT2D eigenvalue weighted by atomic mass is 10.2. The molecular formula is C14H11ClN2O2. The third-order valence-electron chi connectivity index (χ3n) is 2.66. The second-order valence-corrected chi connectivity index (χ2v) is 4.40. The molecule has 1 N–H and O–H groups in total. The quantitative estimate of drug-likeness (QED) is 0.664. The molecule has 4 nitrogen and oxygen atoms in total. The molecular weight excluding hydrogens is 264 g/mol. The molecule has 5 heteroatoms. The number of rotatable bonds is 2. The molecule has 0 unspecified atom stereocenters. The van der Waals surface area contributed by atoms with Gasteiger partial charge in [-0.15, -0.1) is 6.42 Å². The first-order chi connectivity index (χ1) is 9.02. The highest BCUT2D eigenvalue weighted by molar-refractivity contribution is 6.32. The van der Waals surface area contributed by atoms with Gasteiger partial charge in [-0.2, -0.15) is 0 Å². The zero-order valence-electron chi connectivity index (χ0n) is 10.2. The number of amidine groups is 1. The van der Waals surface area contributed by atoms with Crippen LogP contribution in [0.2, 0.25) is 5.02 Å². The van der Waals surface area contributed by atoms with Crippen LogP contribution in [0.3, 0.4) is 0 Å². The Morgan fingerprint density at radius 2 is 2.32 bits per heavy atom. The second-order valence-electron chi connectivity index (χ2n) is 3.99. The largest absolute Gasteiger partial charge is 0.506 e. The van der Waals surface area contributed by atoms with Gasteiger partial charge in [0, 0.05) is 0 Å². The summed E-state index contributed by atoms with van der Waals surface area (Å²) in [5.41, 5.74) is 0.986. The van der Waals surface area contributed by atoms with Crippen molar-refractivity contribution in [3.05, 3.63) is 34.5 Å². The minimum absolute atomic E-state index is 0.00444. The summed E-state index contributed by atoms with van der Waals surface area (Å²) in [5.74, 6) is 2.74. The Morgan fingerprint density at radius 1 is 1.58 bits per heavy atom.